The predicted octanol–water partition coefficient (Wildman–Crippen LogP) is -5.43. The van der Waals surface area contributed by atoms with Crippen LogP contribution < -0.4 is 31.7 Å². The Balaban J connectivity index is 1.35. The number of piperidine rings is 1. The molecular weight excluding hydrogens is 748 g/mol. The Morgan fingerprint density at radius 3 is 2.57 bits per heavy atom. The van der Waals surface area contributed by atoms with Crippen molar-refractivity contribution in [3.63, 3.8) is 0 Å². The van der Waals surface area contributed by atoms with Crippen LogP contribution in [0.3, 0.4) is 0 Å². The van der Waals surface area contributed by atoms with E-state index in [4.69, 9.17) is 19.9 Å². The molecule has 0 aliphatic carbocycles. The molecule has 0 spiro atoms. The number of hydroxylamine groups is 4. The Bertz CT molecular complexity index is 1580. The molecule has 23 heteroatoms. The second-order valence-electron chi connectivity index (χ2n) is 13.1. The summed E-state index contributed by atoms with van der Waals surface area (Å²) in [6.07, 6.45) is -4.82. The van der Waals surface area contributed by atoms with Gasteiger partial charge in [0, 0.05) is 26.1 Å². The van der Waals surface area contributed by atoms with Gasteiger partial charge in [-0.3, -0.25) is 39.2 Å². The Morgan fingerprint density at radius 2 is 1.86 bits per heavy atom. The van der Waals surface area contributed by atoms with Gasteiger partial charge in [-0.2, -0.15) is 0 Å². The molecule has 3 heterocycles. The van der Waals surface area contributed by atoms with Crippen LogP contribution >= 0.6 is 0 Å². The first-order valence-corrected chi connectivity index (χ1v) is 17.8. The third kappa shape index (κ3) is 11.5. The average Bonchev–Trinajstić information content (AvgIpc) is 3.69. The van der Waals surface area contributed by atoms with Crippen LogP contribution in [0.5, 0.6) is 5.75 Å². The van der Waals surface area contributed by atoms with Crippen LogP contribution in [-0.4, -0.2) is 177 Å². The molecule has 0 saturated carbocycles. The Hall–Kier alpha value is -5.01. The van der Waals surface area contributed by atoms with E-state index in [9.17, 15) is 59.6 Å². The highest BCUT2D eigenvalue weighted by molar-refractivity contribution is 6.01. The monoisotopic (exact) mass is 796 g/mol. The molecule has 4 rings (SSSR count). The molecule has 23 nitrogen and oxygen atoms in total. The van der Waals surface area contributed by atoms with Gasteiger partial charge in [0.25, 0.3) is 5.91 Å². The third-order valence-corrected chi connectivity index (χ3v) is 9.09. The maximum Gasteiger partial charge on any atom is 0.268 e. The van der Waals surface area contributed by atoms with Gasteiger partial charge >= 0.3 is 0 Å². The SMILES string of the molecule is N[C@H]1[C@H](Oc2ccccc2C2=N[C@H](C(=O)N[C@@H](CO)C(=O)N[C@H](CCCN(O)C=O)C(=O)NCCC(=O)N[C@@H]3CCCN(O)C3=O)CO2)O[C@H](CO)[C@@H](O)[C@@H]1O. The fourth-order valence-corrected chi connectivity index (χ4v) is 5.93. The number of rotatable bonds is 19. The summed E-state index contributed by atoms with van der Waals surface area (Å²) in [4.78, 5) is 79.0. The molecule has 0 bridgehead atoms. The summed E-state index contributed by atoms with van der Waals surface area (Å²) in [6.45, 7) is -2.08. The number of aliphatic hydroxyl groups excluding tert-OH is 4. The third-order valence-electron chi connectivity index (χ3n) is 9.09. The Kier molecular flexibility index (Phi) is 16.2. The highest BCUT2D eigenvalue weighted by atomic mass is 16.7. The van der Waals surface area contributed by atoms with Crippen LogP contribution in [0.1, 0.15) is 37.7 Å². The molecule has 12 N–H and O–H groups in total. The number of hydrogen-bond donors (Lipinski definition) is 11. The van der Waals surface area contributed by atoms with Gasteiger partial charge in [-0.15, -0.1) is 0 Å². The molecule has 3 aliphatic heterocycles. The highest BCUT2D eigenvalue weighted by Crippen LogP contribution is 2.28. The van der Waals surface area contributed by atoms with Crippen LogP contribution in [0.2, 0.25) is 0 Å². The van der Waals surface area contributed by atoms with Gasteiger partial charge in [-0.25, -0.2) is 15.1 Å². The van der Waals surface area contributed by atoms with E-state index >= 15 is 0 Å². The van der Waals surface area contributed by atoms with Gasteiger partial charge in [0.1, 0.15) is 48.8 Å². The fraction of sp³-hybridized carbons (Fsp3) is 0.606. The number of nitrogens with two attached hydrogens (primary N) is 1. The maximum atomic E-state index is 13.2. The number of benzene rings is 1. The second kappa shape index (κ2) is 20.8. The van der Waals surface area contributed by atoms with Crippen molar-refractivity contribution in [2.24, 2.45) is 10.7 Å². The second-order valence-corrected chi connectivity index (χ2v) is 13.1. The van der Waals surface area contributed by atoms with Crippen molar-refractivity contribution in [1.82, 2.24) is 31.4 Å². The number of carbonyl (C=O) groups excluding carboxylic acids is 6. The molecular formula is C33H48N8O15. The molecule has 310 valence electrons. The minimum atomic E-state index is -1.58. The summed E-state index contributed by atoms with van der Waals surface area (Å²) in [6, 6.07) is 0.0500. The number of aliphatic hydroxyl groups is 4. The molecule has 1 aromatic carbocycles. The molecule has 0 unspecified atom stereocenters. The summed E-state index contributed by atoms with van der Waals surface area (Å²) in [5.41, 5.74) is 6.24. The summed E-state index contributed by atoms with van der Waals surface area (Å²) in [7, 11) is 0. The largest absolute Gasteiger partial charge is 0.475 e. The van der Waals surface area contributed by atoms with Gasteiger partial charge < -0.3 is 61.6 Å². The zero-order chi connectivity index (χ0) is 40.9. The van der Waals surface area contributed by atoms with Crippen molar-refractivity contribution in [3.05, 3.63) is 29.8 Å². The van der Waals surface area contributed by atoms with Crippen LogP contribution in [0.4, 0.5) is 0 Å². The minimum absolute atomic E-state index is 0.0249. The number of aliphatic imine (C=N–C) groups is 1. The molecule has 0 radical (unpaired) electrons. The van der Waals surface area contributed by atoms with Gasteiger partial charge in [0.15, 0.2) is 6.04 Å². The highest BCUT2D eigenvalue weighted by Gasteiger charge is 2.44. The Labute approximate surface area is 319 Å². The lowest BCUT2D eigenvalue weighted by Crippen LogP contribution is -2.63. The first kappa shape index (κ1) is 43.7. The van der Waals surface area contributed by atoms with Crippen LogP contribution in [0, 0.1) is 0 Å². The Morgan fingerprint density at radius 1 is 1.11 bits per heavy atom. The maximum absolute atomic E-state index is 13.2. The molecule has 56 heavy (non-hydrogen) atoms. The van der Waals surface area contributed by atoms with Crippen LogP contribution in [-0.2, 0) is 38.2 Å². The van der Waals surface area contributed by atoms with Crippen molar-refractivity contribution >= 4 is 41.8 Å². The first-order valence-electron chi connectivity index (χ1n) is 17.8. The number of nitrogens with zero attached hydrogens (tertiary/aromatic N) is 3. The predicted molar refractivity (Wildman–Crippen MR) is 186 cm³/mol. The molecule has 9 atom stereocenters. The van der Waals surface area contributed by atoms with Crippen molar-refractivity contribution in [1.29, 1.82) is 0 Å². The number of para-hydroxylation sites is 1. The van der Waals surface area contributed by atoms with Gasteiger partial charge in [0.2, 0.25) is 42.2 Å². The molecule has 6 amide bonds. The van der Waals surface area contributed by atoms with E-state index in [1.165, 1.54) is 6.07 Å². The normalized spacial score (nSPS) is 25.8. The summed E-state index contributed by atoms with van der Waals surface area (Å²) >= 11 is 0. The lowest BCUT2D eigenvalue weighted by Gasteiger charge is -2.40. The zero-order valence-electron chi connectivity index (χ0n) is 30.1. The van der Waals surface area contributed by atoms with Crippen molar-refractivity contribution < 1.29 is 73.8 Å². The van der Waals surface area contributed by atoms with E-state index in [1.807, 2.05) is 0 Å². The van der Waals surface area contributed by atoms with Crippen LogP contribution in [0.15, 0.2) is 29.3 Å². The van der Waals surface area contributed by atoms with E-state index in [0.717, 1.165) is 0 Å². The smallest absolute Gasteiger partial charge is 0.268 e. The minimum Gasteiger partial charge on any atom is -0.475 e. The summed E-state index contributed by atoms with van der Waals surface area (Å²) in [5.74, 6) is -3.74. The van der Waals surface area contributed by atoms with E-state index in [1.54, 1.807) is 18.2 Å². The van der Waals surface area contributed by atoms with Crippen molar-refractivity contribution in [3.8, 4) is 5.75 Å². The molecule has 1 aromatic rings. The van der Waals surface area contributed by atoms with E-state index in [-0.39, 0.29) is 69.1 Å². The van der Waals surface area contributed by atoms with E-state index in [0.29, 0.717) is 23.0 Å². The molecule has 0 aromatic heterocycles. The first-order chi connectivity index (χ1) is 26.8. The summed E-state index contributed by atoms with van der Waals surface area (Å²) < 4.78 is 17.0. The van der Waals surface area contributed by atoms with Gasteiger partial charge in [0.05, 0.1) is 24.8 Å². The topological polar surface area (TPSA) is 344 Å². The zero-order valence-corrected chi connectivity index (χ0v) is 30.1. The standard InChI is InChI=1S/C33H48N8O15/c34-25-27(47)26(46)23(14-43)56-33(25)55-22-8-2-1-5-17(22)31-39-21(15-54-31)30(50)38-20(13-42)29(49)37-18(6-3-11-40(52)16-44)28(48)35-10-9-24(45)36-19-7-4-12-41(53)32(19)51/h1-2,5,8,16,18-21,23,25-27,33,42-43,46-47,52-53H,3-4,6-7,9-15,34H2,(H,35,48)(H,36,45)(H,37,49)(H,38,50)/t18-,19-,20+,21+,23-,25-,26-,27-,33-/m1/s1. The van der Waals surface area contributed by atoms with Gasteiger partial charge in [-0.1, -0.05) is 12.1 Å². The number of nitrogens with one attached hydrogen (secondary N) is 4. The van der Waals surface area contributed by atoms with Crippen molar-refractivity contribution in [2.45, 2.75) is 86.9 Å². The number of amides is 6. The molecule has 2 fully saturated rings. The van der Waals surface area contributed by atoms with E-state index in [2.05, 4.69) is 26.3 Å². The average molecular weight is 797 g/mol. The van der Waals surface area contributed by atoms with Gasteiger partial charge in [-0.05, 0) is 37.8 Å². The van der Waals surface area contributed by atoms with Crippen molar-refractivity contribution in [2.75, 3.05) is 39.5 Å². The number of hydrogen-bond acceptors (Lipinski definition) is 17. The quantitative estimate of drug-likeness (QED) is 0.0353. The lowest BCUT2D eigenvalue weighted by molar-refractivity contribution is -0.239. The molecule has 3 aliphatic rings. The number of ether oxygens (including phenoxy) is 3. The van der Waals surface area contributed by atoms with Crippen LogP contribution in [0.25, 0.3) is 0 Å². The fourth-order valence-electron chi connectivity index (χ4n) is 5.93. The lowest BCUT2D eigenvalue weighted by atomic mass is 9.98. The number of carbonyl (C=O) groups is 6. The molecule has 2 saturated heterocycles. The summed E-state index contributed by atoms with van der Waals surface area (Å²) in [5, 5.41) is 69.6. The van der Waals surface area contributed by atoms with E-state index < -0.39 is 97.6 Å².